The molecule has 2 aromatic rings. The van der Waals surface area contributed by atoms with Gasteiger partial charge in [0.25, 0.3) is 0 Å². The maximum Gasteiger partial charge on any atom is 0.163 e. The van der Waals surface area contributed by atoms with Crippen molar-refractivity contribution in [2.24, 2.45) is 0 Å². The molecule has 0 spiro atoms. The third kappa shape index (κ3) is 1.71. The maximum atomic E-state index is 8.76. The number of hydrogen-bond acceptors (Lipinski definition) is 3. The second-order valence-corrected chi connectivity index (χ2v) is 3.84. The molecule has 0 aliphatic heterocycles. The molecular weight excluding hydrogens is 247 g/mol. The van der Waals surface area contributed by atoms with Crippen LogP contribution in [0.2, 0.25) is 10.0 Å². The van der Waals surface area contributed by atoms with Crippen LogP contribution < -0.4 is 5.73 Å². The largest absolute Gasteiger partial charge is 0.381 e. The number of anilines is 1. The van der Waals surface area contributed by atoms with Crippen LogP contribution in [0.5, 0.6) is 0 Å². The quantitative estimate of drug-likeness (QED) is 0.849. The van der Waals surface area contributed by atoms with Crippen LogP contribution in [-0.2, 0) is 0 Å². The molecule has 16 heavy (non-hydrogen) atoms. The Bertz CT molecular complexity index is 583. The highest BCUT2D eigenvalue weighted by Gasteiger charge is 2.10. The second-order valence-electron chi connectivity index (χ2n) is 3.06. The number of nitrogens with zero attached hydrogens (tertiary/aromatic N) is 3. The number of hydrogen-bond donors (Lipinski definition) is 1. The summed E-state index contributed by atoms with van der Waals surface area (Å²) in [4.78, 5) is 0. The molecule has 0 atom stereocenters. The van der Waals surface area contributed by atoms with E-state index in [-0.39, 0.29) is 5.82 Å². The van der Waals surface area contributed by atoms with Crippen molar-refractivity contribution in [1.29, 1.82) is 5.26 Å². The van der Waals surface area contributed by atoms with Crippen molar-refractivity contribution < 1.29 is 0 Å². The summed E-state index contributed by atoms with van der Waals surface area (Å²) in [6.07, 6.45) is 1.51. The van der Waals surface area contributed by atoms with Gasteiger partial charge in [-0.15, -0.1) is 5.10 Å². The average Bonchev–Trinajstić information content (AvgIpc) is 2.63. The van der Waals surface area contributed by atoms with Crippen molar-refractivity contribution in [3.63, 3.8) is 0 Å². The van der Waals surface area contributed by atoms with Gasteiger partial charge in [0.2, 0.25) is 0 Å². The van der Waals surface area contributed by atoms with Gasteiger partial charge >= 0.3 is 0 Å². The molecular formula is C10H6Cl2N4. The first-order valence-electron chi connectivity index (χ1n) is 4.33. The van der Waals surface area contributed by atoms with E-state index in [0.717, 1.165) is 0 Å². The third-order valence-corrected chi connectivity index (χ3v) is 2.85. The van der Waals surface area contributed by atoms with Crippen LogP contribution in [-0.4, -0.2) is 9.78 Å². The minimum Gasteiger partial charge on any atom is -0.381 e. The van der Waals surface area contributed by atoms with E-state index in [1.165, 1.54) is 10.9 Å². The van der Waals surface area contributed by atoms with Gasteiger partial charge in [0.15, 0.2) is 5.82 Å². The van der Waals surface area contributed by atoms with Crippen LogP contribution in [0.4, 0.5) is 5.82 Å². The Morgan fingerprint density at radius 1 is 1.38 bits per heavy atom. The Morgan fingerprint density at radius 3 is 2.75 bits per heavy atom. The molecule has 2 rings (SSSR count). The van der Waals surface area contributed by atoms with Gasteiger partial charge in [0, 0.05) is 0 Å². The summed E-state index contributed by atoms with van der Waals surface area (Å²) >= 11 is 11.9. The lowest BCUT2D eigenvalue weighted by molar-refractivity contribution is 0.886. The van der Waals surface area contributed by atoms with Gasteiger partial charge in [0.05, 0.1) is 21.9 Å². The van der Waals surface area contributed by atoms with Crippen LogP contribution in [0.1, 0.15) is 5.56 Å². The van der Waals surface area contributed by atoms with Gasteiger partial charge in [-0.2, -0.15) is 5.26 Å². The summed E-state index contributed by atoms with van der Waals surface area (Å²) < 4.78 is 1.43. The average molecular weight is 253 g/mol. The molecule has 0 amide bonds. The first-order valence-corrected chi connectivity index (χ1v) is 5.08. The number of benzene rings is 1. The fraction of sp³-hybridized carbons (Fsp3) is 0. The molecule has 80 valence electrons. The summed E-state index contributed by atoms with van der Waals surface area (Å²) in [7, 11) is 0. The lowest BCUT2D eigenvalue weighted by atomic mass is 10.3. The second kappa shape index (κ2) is 4.05. The molecule has 0 fully saturated rings. The predicted octanol–water partition coefficient (Wildman–Crippen LogP) is 2.63. The number of nitrogen functional groups attached to an aromatic ring is 1. The van der Waals surface area contributed by atoms with Crippen LogP contribution in [0.25, 0.3) is 5.69 Å². The zero-order valence-electron chi connectivity index (χ0n) is 7.98. The molecule has 0 unspecified atom stereocenters. The maximum absolute atomic E-state index is 8.76. The Morgan fingerprint density at radius 2 is 2.12 bits per heavy atom. The van der Waals surface area contributed by atoms with Crippen molar-refractivity contribution in [2.45, 2.75) is 0 Å². The number of rotatable bonds is 1. The summed E-state index contributed by atoms with van der Waals surface area (Å²) in [5, 5.41) is 13.5. The highest BCUT2D eigenvalue weighted by molar-refractivity contribution is 6.43. The SMILES string of the molecule is N#Cc1cn(-c2cccc(Cl)c2Cl)nc1N. The Kier molecular flexibility index (Phi) is 2.73. The Labute approximate surface area is 102 Å². The van der Waals surface area contributed by atoms with Crippen LogP contribution >= 0.6 is 23.2 Å². The molecule has 0 saturated carbocycles. The molecule has 0 aliphatic rings. The van der Waals surface area contributed by atoms with Gasteiger partial charge in [0.1, 0.15) is 11.6 Å². The van der Waals surface area contributed by atoms with Crippen LogP contribution in [0, 0.1) is 11.3 Å². The van der Waals surface area contributed by atoms with Crippen LogP contribution in [0.3, 0.4) is 0 Å². The summed E-state index contributed by atoms with van der Waals surface area (Å²) in [6, 6.07) is 7.09. The van der Waals surface area contributed by atoms with Crippen molar-refractivity contribution in [3.05, 3.63) is 40.0 Å². The minimum absolute atomic E-state index is 0.165. The number of halogens is 2. The van der Waals surface area contributed by atoms with Gasteiger partial charge in [-0.3, -0.25) is 0 Å². The molecule has 0 aliphatic carbocycles. The molecule has 0 radical (unpaired) electrons. The molecule has 1 heterocycles. The monoisotopic (exact) mass is 252 g/mol. The molecule has 0 saturated heterocycles. The first kappa shape index (κ1) is 10.8. The van der Waals surface area contributed by atoms with Gasteiger partial charge < -0.3 is 5.73 Å². The van der Waals surface area contributed by atoms with Crippen molar-refractivity contribution in [1.82, 2.24) is 9.78 Å². The van der Waals surface area contributed by atoms with E-state index >= 15 is 0 Å². The molecule has 1 aromatic carbocycles. The van der Waals surface area contributed by atoms with E-state index < -0.39 is 0 Å². The number of aromatic nitrogens is 2. The zero-order valence-corrected chi connectivity index (χ0v) is 9.50. The van der Waals surface area contributed by atoms with Gasteiger partial charge in [-0.1, -0.05) is 29.3 Å². The molecule has 0 bridgehead atoms. The Balaban J connectivity index is 2.60. The number of nitrogens with two attached hydrogens (primary N) is 1. The van der Waals surface area contributed by atoms with E-state index in [4.69, 9.17) is 34.2 Å². The number of nitriles is 1. The Hall–Kier alpha value is -1.70. The van der Waals surface area contributed by atoms with Crippen LogP contribution in [0.15, 0.2) is 24.4 Å². The van der Waals surface area contributed by atoms with Gasteiger partial charge in [-0.05, 0) is 12.1 Å². The van der Waals surface area contributed by atoms with E-state index in [2.05, 4.69) is 5.10 Å². The zero-order chi connectivity index (χ0) is 11.7. The molecule has 1 aromatic heterocycles. The summed E-state index contributed by atoms with van der Waals surface area (Å²) in [5.74, 6) is 0.165. The van der Waals surface area contributed by atoms with E-state index in [1.54, 1.807) is 18.2 Å². The fourth-order valence-electron chi connectivity index (χ4n) is 1.27. The van der Waals surface area contributed by atoms with E-state index in [1.807, 2.05) is 6.07 Å². The van der Waals surface area contributed by atoms with Crippen molar-refractivity contribution in [3.8, 4) is 11.8 Å². The lowest BCUT2D eigenvalue weighted by Crippen LogP contribution is -1.97. The van der Waals surface area contributed by atoms with E-state index in [0.29, 0.717) is 21.3 Å². The first-order chi connectivity index (χ1) is 7.63. The smallest absolute Gasteiger partial charge is 0.163 e. The third-order valence-electron chi connectivity index (χ3n) is 2.04. The molecule has 4 nitrogen and oxygen atoms in total. The van der Waals surface area contributed by atoms with Crippen molar-refractivity contribution >= 4 is 29.0 Å². The summed E-state index contributed by atoms with van der Waals surface area (Å²) in [6.45, 7) is 0. The minimum atomic E-state index is 0.165. The van der Waals surface area contributed by atoms with Gasteiger partial charge in [-0.25, -0.2) is 4.68 Å². The molecule has 2 N–H and O–H groups in total. The lowest BCUT2D eigenvalue weighted by Gasteiger charge is -2.04. The highest BCUT2D eigenvalue weighted by atomic mass is 35.5. The standard InChI is InChI=1S/C10H6Cl2N4/c11-7-2-1-3-8(9(7)12)16-5-6(4-13)10(14)15-16/h1-3,5H,(H2,14,15). The van der Waals surface area contributed by atoms with Crippen molar-refractivity contribution in [2.75, 3.05) is 5.73 Å². The summed E-state index contributed by atoms with van der Waals surface area (Å²) in [5.41, 5.74) is 6.43. The highest BCUT2D eigenvalue weighted by Crippen LogP contribution is 2.28. The fourth-order valence-corrected chi connectivity index (χ4v) is 1.65. The normalized spacial score (nSPS) is 10.1. The predicted molar refractivity (Wildman–Crippen MR) is 62.7 cm³/mol. The topological polar surface area (TPSA) is 67.6 Å². The van der Waals surface area contributed by atoms with E-state index in [9.17, 15) is 0 Å². The molecule has 6 heteroatoms.